The monoisotopic (exact) mass is 328 g/mol. The molecular formula is C17H14F2N4O. The molecule has 122 valence electrons. The Bertz CT molecular complexity index is 921. The lowest BCUT2D eigenvalue weighted by molar-refractivity contribution is 0.102. The first kappa shape index (κ1) is 15.8. The van der Waals surface area contributed by atoms with Crippen LogP contribution in [-0.2, 0) is 7.05 Å². The van der Waals surface area contributed by atoms with E-state index in [0.29, 0.717) is 11.5 Å². The molecule has 0 saturated heterocycles. The van der Waals surface area contributed by atoms with Crippen LogP contribution in [0.1, 0.15) is 16.2 Å². The summed E-state index contributed by atoms with van der Waals surface area (Å²) in [5.41, 5.74) is 1.33. The van der Waals surface area contributed by atoms with Crippen LogP contribution >= 0.6 is 0 Å². The van der Waals surface area contributed by atoms with Gasteiger partial charge in [-0.3, -0.25) is 4.79 Å². The minimum atomic E-state index is -1.06. The third-order valence-electron chi connectivity index (χ3n) is 3.65. The van der Waals surface area contributed by atoms with Gasteiger partial charge in [-0.15, -0.1) is 10.2 Å². The summed E-state index contributed by atoms with van der Waals surface area (Å²) >= 11 is 0. The first-order valence-corrected chi connectivity index (χ1v) is 7.18. The molecule has 5 nitrogen and oxygen atoms in total. The maximum absolute atomic E-state index is 13.2. The number of halogens is 2. The van der Waals surface area contributed by atoms with Gasteiger partial charge in [-0.25, -0.2) is 8.78 Å². The fraction of sp³-hybridized carbons (Fsp3) is 0.118. The highest BCUT2D eigenvalue weighted by molar-refractivity contribution is 6.04. The van der Waals surface area contributed by atoms with Gasteiger partial charge in [0.2, 0.25) is 0 Å². The Morgan fingerprint density at radius 2 is 1.88 bits per heavy atom. The zero-order valence-corrected chi connectivity index (χ0v) is 13.0. The summed E-state index contributed by atoms with van der Waals surface area (Å²) in [4.78, 5) is 12.2. The number of benzene rings is 2. The van der Waals surface area contributed by atoms with E-state index in [1.807, 2.05) is 24.6 Å². The van der Waals surface area contributed by atoms with Crippen LogP contribution in [0.5, 0.6) is 0 Å². The van der Waals surface area contributed by atoms with Gasteiger partial charge in [0.1, 0.15) is 5.82 Å². The van der Waals surface area contributed by atoms with Crippen LogP contribution < -0.4 is 5.32 Å². The van der Waals surface area contributed by atoms with Crippen LogP contribution in [0.25, 0.3) is 11.4 Å². The number of nitrogens with zero attached hydrogens (tertiary/aromatic N) is 3. The lowest BCUT2D eigenvalue weighted by atomic mass is 10.1. The largest absolute Gasteiger partial charge is 0.322 e. The Morgan fingerprint density at radius 3 is 2.54 bits per heavy atom. The van der Waals surface area contributed by atoms with Crippen molar-refractivity contribution in [2.75, 3.05) is 5.32 Å². The molecule has 1 aromatic heterocycles. The number of amides is 1. The van der Waals surface area contributed by atoms with Crippen LogP contribution in [0.15, 0.2) is 42.5 Å². The third-order valence-corrected chi connectivity index (χ3v) is 3.65. The summed E-state index contributed by atoms with van der Waals surface area (Å²) in [7, 11) is 1.84. The second-order valence-corrected chi connectivity index (χ2v) is 5.29. The van der Waals surface area contributed by atoms with Crippen molar-refractivity contribution in [3.63, 3.8) is 0 Å². The van der Waals surface area contributed by atoms with Crippen LogP contribution in [0.3, 0.4) is 0 Å². The number of anilines is 1. The summed E-state index contributed by atoms with van der Waals surface area (Å²) in [5.74, 6) is -1.16. The number of hydrogen-bond acceptors (Lipinski definition) is 3. The standard InChI is InChI=1S/C17H14F2N4O/c1-10-21-22-16(23(10)2)11-4-3-5-13(8-11)20-17(24)12-6-7-14(18)15(19)9-12/h3-9H,1-2H3,(H,20,24). The normalized spacial score (nSPS) is 10.7. The Balaban J connectivity index is 1.85. The van der Waals surface area contributed by atoms with Crippen molar-refractivity contribution in [3.05, 3.63) is 65.5 Å². The molecule has 0 bridgehead atoms. The van der Waals surface area contributed by atoms with Gasteiger partial charge < -0.3 is 9.88 Å². The highest BCUT2D eigenvalue weighted by Crippen LogP contribution is 2.21. The second-order valence-electron chi connectivity index (χ2n) is 5.29. The van der Waals surface area contributed by atoms with Crippen molar-refractivity contribution < 1.29 is 13.6 Å². The number of aryl methyl sites for hydroxylation is 1. The molecule has 0 spiro atoms. The van der Waals surface area contributed by atoms with E-state index in [9.17, 15) is 13.6 Å². The van der Waals surface area contributed by atoms with E-state index in [4.69, 9.17) is 0 Å². The van der Waals surface area contributed by atoms with Gasteiger partial charge in [0.05, 0.1) is 0 Å². The van der Waals surface area contributed by atoms with E-state index in [1.165, 1.54) is 6.07 Å². The maximum atomic E-state index is 13.2. The van der Waals surface area contributed by atoms with E-state index in [0.717, 1.165) is 23.5 Å². The lowest BCUT2D eigenvalue weighted by Crippen LogP contribution is -2.12. The lowest BCUT2D eigenvalue weighted by Gasteiger charge is -2.08. The summed E-state index contributed by atoms with van der Waals surface area (Å²) in [6.07, 6.45) is 0. The van der Waals surface area contributed by atoms with Crippen LogP contribution in [0.4, 0.5) is 14.5 Å². The molecule has 3 aromatic rings. The van der Waals surface area contributed by atoms with Crippen LogP contribution in [0, 0.1) is 18.6 Å². The van der Waals surface area contributed by atoms with Crippen molar-refractivity contribution in [1.29, 1.82) is 0 Å². The first-order valence-electron chi connectivity index (χ1n) is 7.18. The number of carbonyl (C=O) groups excluding carboxylic acids is 1. The SMILES string of the molecule is Cc1nnc(-c2cccc(NC(=O)c3ccc(F)c(F)c3)c2)n1C. The molecule has 0 aliphatic carbocycles. The van der Waals surface area contributed by atoms with E-state index in [2.05, 4.69) is 15.5 Å². The van der Waals surface area contributed by atoms with Crippen molar-refractivity contribution in [2.45, 2.75) is 6.92 Å². The highest BCUT2D eigenvalue weighted by atomic mass is 19.2. The molecule has 0 aliphatic rings. The molecule has 1 heterocycles. The molecule has 3 rings (SSSR count). The van der Waals surface area contributed by atoms with Gasteiger partial charge in [0.25, 0.3) is 5.91 Å². The first-order chi connectivity index (χ1) is 11.5. The number of aromatic nitrogens is 3. The zero-order chi connectivity index (χ0) is 17.3. The van der Waals surface area contributed by atoms with Gasteiger partial charge in [-0.1, -0.05) is 12.1 Å². The summed E-state index contributed by atoms with van der Waals surface area (Å²) in [6.45, 7) is 1.84. The second kappa shape index (κ2) is 6.19. The minimum Gasteiger partial charge on any atom is -0.322 e. The van der Waals surface area contributed by atoms with Gasteiger partial charge in [-0.05, 0) is 37.3 Å². The predicted molar refractivity (Wildman–Crippen MR) is 85.5 cm³/mol. The van der Waals surface area contributed by atoms with Crippen molar-refractivity contribution in [2.24, 2.45) is 7.05 Å². The molecule has 2 aromatic carbocycles. The van der Waals surface area contributed by atoms with E-state index < -0.39 is 17.5 Å². The molecule has 0 saturated carbocycles. The Kier molecular flexibility index (Phi) is 4.07. The fourth-order valence-electron chi connectivity index (χ4n) is 2.24. The van der Waals surface area contributed by atoms with Gasteiger partial charge in [0, 0.05) is 23.9 Å². The molecule has 0 aliphatic heterocycles. The van der Waals surface area contributed by atoms with Gasteiger partial charge >= 0.3 is 0 Å². The molecule has 0 fully saturated rings. The number of carbonyl (C=O) groups is 1. The Morgan fingerprint density at radius 1 is 1.08 bits per heavy atom. The third kappa shape index (κ3) is 3.01. The molecular weight excluding hydrogens is 314 g/mol. The molecule has 24 heavy (non-hydrogen) atoms. The Labute approximate surface area is 137 Å². The molecule has 7 heteroatoms. The van der Waals surface area contributed by atoms with Crippen molar-refractivity contribution in [3.8, 4) is 11.4 Å². The fourth-order valence-corrected chi connectivity index (χ4v) is 2.24. The number of rotatable bonds is 3. The smallest absolute Gasteiger partial charge is 0.255 e. The highest BCUT2D eigenvalue weighted by Gasteiger charge is 2.12. The maximum Gasteiger partial charge on any atom is 0.255 e. The molecule has 0 unspecified atom stereocenters. The average molecular weight is 328 g/mol. The topological polar surface area (TPSA) is 59.8 Å². The van der Waals surface area contributed by atoms with Gasteiger partial charge in [0.15, 0.2) is 17.5 Å². The summed E-state index contributed by atoms with van der Waals surface area (Å²) < 4.78 is 28.0. The van der Waals surface area contributed by atoms with Crippen LogP contribution in [-0.4, -0.2) is 20.7 Å². The van der Waals surface area contributed by atoms with E-state index in [1.54, 1.807) is 18.2 Å². The zero-order valence-electron chi connectivity index (χ0n) is 13.0. The molecule has 0 atom stereocenters. The summed E-state index contributed by atoms with van der Waals surface area (Å²) in [5, 5.41) is 10.7. The Hall–Kier alpha value is -3.09. The molecule has 1 N–H and O–H groups in total. The molecule has 1 amide bonds. The quantitative estimate of drug-likeness (QED) is 0.802. The van der Waals surface area contributed by atoms with Crippen molar-refractivity contribution in [1.82, 2.24) is 14.8 Å². The van der Waals surface area contributed by atoms with E-state index in [-0.39, 0.29) is 5.56 Å². The van der Waals surface area contributed by atoms with Gasteiger partial charge in [-0.2, -0.15) is 0 Å². The van der Waals surface area contributed by atoms with Crippen molar-refractivity contribution >= 4 is 11.6 Å². The summed E-state index contributed by atoms with van der Waals surface area (Å²) in [6, 6.07) is 10.1. The molecule has 0 radical (unpaired) electrons. The average Bonchev–Trinajstić information content (AvgIpc) is 2.90. The minimum absolute atomic E-state index is 0.0359. The van der Waals surface area contributed by atoms with E-state index >= 15 is 0 Å². The number of nitrogens with one attached hydrogen (secondary N) is 1. The van der Waals surface area contributed by atoms with Crippen LogP contribution in [0.2, 0.25) is 0 Å². The predicted octanol–water partition coefficient (Wildman–Crippen LogP) is 3.32. The number of hydrogen-bond donors (Lipinski definition) is 1.